The molecular weight excluding hydrogens is 266 g/mol. The van der Waals surface area contributed by atoms with Crippen LogP contribution in [0.4, 0.5) is 5.69 Å². The fraction of sp³-hybridized carbons (Fsp3) is 0.500. The highest BCUT2D eigenvalue weighted by atomic mass is 16.5. The molecule has 0 atom stereocenters. The van der Waals surface area contributed by atoms with Crippen LogP contribution in [-0.4, -0.2) is 17.3 Å². The van der Waals surface area contributed by atoms with Gasteiger partial charge in [0.1, 0.15) is 5.60 Å². The van der Waals surface area contributed by atoms with Gasteiger partial charge in [0, 0.05) is 12.8 Å². The molecule has 1 aliphatic rings. The van der Waals surface area contributed by atoms with Crippen LogP contribution in [0.15, 0.2) is 22.7 Å². The van der Waals surface area contributed by atoms with Crippen molar-refractivity contribution in [3.05, 3.63) is 29.6 Å². The maximum absolute atomic E-state index is 6.11. The second-order valence-corrected chi connectivity index (χ2v) is 5.72. The molecule has 1 heterocycles. The van der Waals surface area contributed by atoms with E-state index in [1.165, 1.54) is 6.42 Å². The lowest BCUT2D eigenvalue weighted by molar-refractivity contribution is -0.0527. The number of benzene rings is 1. The lowest BCUT2D eigenvalue weighted by Crippen LogP contribution is -2.32. The molecule has 1 aromatic carbocycles. The van der Waals surface area contributed by atoms with Crippen molar-refractivity contribution in [1.82, 2.24) is 10.1 Å². The van der Waals surface area contributed by atoms with Crippen LogP contribution in [0.2, 0.25) is 0 Å². The molecule has 1 saturated carbocycles. The van der Waals surface area contributed by atoms with Gasteiger partial charge in [-0.25, -0.2) is 0 Å². The van der Waals surface area contributed by atoms with Crippen molar-refractivity contribution < 1.29 is 9.26 Å². The SMILES string of the molecule is COC1(c2noc(-c3cccc(C)c3N)n2)CCCCC1. The molecule has 3 rings (SSSR count). The Kier molecular flexibility index (Phi) is 3.68. The smallest absolute Gasteiger partial charge is 0.260 e. The second kappa shape index (κ2) is 5.48. The Hall–Kier alpha value is -1.88. The first-order valence-corrected chi connectivity index (χ1v) is 7.41. The fourth-order valence-corrected chi connectivity index (χ4v) is 3.03. The Labute approximate surface area is 124 Å². The number of aryl methyl sites for hydroxylation is 1. The maximum atomic E-state index is 6.11. The van der Waals surface area contributed by atoms with E-state index in [1.54, 1.807) is 7.11 Å². The average Bonchev–Trinajstić information content (AvgIpc) is 3.01. The van der Waals surface area contributed by atoms with E-state index < -0.39 is 5.60 Å². The minimum atomic E-state index is -0.404. The van der Waals surface area contributed by atoms with Gasteiger partial charge in [-0.1, -0.05) is 36.6 Å². The highest BCUT2D eigenvalue weighted by Gasteiger charge is 2.38. The highest BCUT2D eigenvalue weighted by molar-refractivity contribution is 5.73. The van der Waals surface area contributed by atoms with Crippen LogP contribution in [0.5, 0.6) is 0 Å². The second-order valence-electron chi connectivity index (χ2n) is 5.72. The predicted octanol–water partition coefficient (Wildman–Crippen LogP) is 3.43. The van der Waals surface area contributed by atoms with Gasteiger partial charge in [0.2, 0.25) is 5.82 Å². The number of nitrogens with two attached hydrogens (primary N) is 1. The van der Waals surface area contributed by atoms with Gasteiger partial charge in [-0.3, -0.25) is 0 Å². The summed E-state index contributed by atoms with van der Waals surface area (Å²) in [4.78, 5) is 4.57. The number of hydrogen-bond donors (Lipinski definition) is 1. The average molecular weight is 287 g/mol. The number of aromatic nitrogens is 2. The first-order valence-electron chi connectivity index (χ1n) is 7.41. The van der Waals surface area contributed by atoms with Crippen molar-refractivity contribution in [3.63, 3.8) is 0 Å². The molecule has 0 radical (unpaired) electrons. The molecule has 0 bridgehead atoms. The lowest BCUT2D eigenvalue weighted by atomic mass is 9.84. The van der Waals surface area contributed by atoms with Gasteiger partial charge in [-0.2, -0.15) is 4.98 Å². The Morgan fingerprint density at radius 1 is 1.24 bits per heavy atom. The van der Waals surface area contributed by atoms with Gasteiger partial charge in [-0.15, -0.1) is 0 Å². The van der Waals surface area contributed by atoms with Crippen molar-refractivity contribution in [3.8, 4) is 11.5 Å². The van der Waals surface area contributed by atoms with Gasteiger partial charge in [-0.05, 0) is 31.4 Å². The summed E-state index contributed by atoms with van der Waals surface area (Å²) in [5.74, 6) is 1.11. The predicted molar refractivity (Wildman–Crippen MR) is 80.7 cm³/mol. The van der Waals surface area contributed by atoms with E-state index in [4.69, 9.17) is 15.0 Å². The number of anilines is 1. The zero-order valence-electron chi connectivity index (χ0n) is 12.6. The zero-order valence-corrected chi connectivity index (χ0v) is 12.6. The fourth-order valence-electron chi connectivity index (χ4n) is 3.03. The van der Waals surface area contributed by atoms with E-state index in [0.29, 0.717) is 17.4 Å². The van der Waals surface area contributed by atoms with E-state index in [-0.39, 0.29) is 0 Å². The number of ether oxygens (including phenoxy) is 1. The summed E-state index contributed by atoms with van der Waals surface area (Å²) in [6.45, 7) is 1.97. The molecule has 5 nitrogen and oxygen atoms in total. The summed E-state index contributed by atoms with van der Waals surface area (Å²) >= 11 is 0. The molecule has 5 heteroatoms. The molecule has 1 fully saturated rings. The molecule has 0 aliphatic heterocycles. The number of nitrogen functional groups attached to an aromatic ring is 1. The molecule has 0 amide bonds. The van der Waals surface area contributed by atoms with Crippen molar-refractivity contribution in [2.75, 3.05) is 12.8 Å². The van der Waals surface area contributed by atoms with E-state index in [9.17, 15) is 0 Å². The summed E-state index contributed by atoms with van der Waals surface area (Å²) in [5, 5.41) is 4.16. The van der Waals surface area contributed by atoms with Gasteiger partial charge >= 0.3 is 0 Å². The minimum Gasteiger partial charge on any atom is -0.398 e. The number of para-hydroxylation sites is 1. The summed E-state index contributed by atoms with van der Waals surface area (Å²) < 4.78 is 11.2. The summed E-state index contributed by atoms with van der Waals surface area (Å²) in [6, 6.07) is 5.81. The molecule has 1 aliphatic carbocycles. The van der Waals surface area contributed by atoms with Gasteiger partial charge in [0.15, 0.2) is 0 Å². The van der Waals surface area contributed by atoms with Crippen LogP contribution < -0.4 is 5.73 Å². The first kappa shape index (κ1) is 14.1. The summed E-state index contributed by atoms with van der Waals surface area (Å²) in [5.41, 5.74) is 8.18. The van der Waals surface area contributed by atoms with E-state index in [1.807, 2.05) is 25.1 Å². The largest absolute Gasteiger partial charge is 0.398 e. The number of hydrogen-bond acceptors (Lipinski definition) is 5. The van der Waals surface area contributed by atoms with Crippen molar-refractivity contribution in [1.29, 1.82) is 0 Å². The van der Waals surface area contributed by atoms with Crippen LogP contribution in [-0.2, 0) is 10.3 Å². The van der Waals surface area contributed by atoms with E-state index in [0.717, 1.165) is 36.8 Å². The summed E-state index contributed by atoms with van der Waals surface area (Å²) in [6.07, 6.45) is 5.37. The number of rotatable bonds is 3. The van der Waals surface area contributed by atoms with Crippen LogP contribution in [0, 0.1) is 6.92 Å². The Morgan fingerprint density at radius 2 is 2.00 bits per heavy atom. The monoisotopic (exact) mass is 287 g/mol. The standard InChI is InChI=1S/C16H21N3O2/c1-11-7-6-8-12(13(11)17)14-18-15(19-21-14)16(20-2)9-4-3-5-10-16/h6-8H,3-5,9-10,17H2,1-2H3. The molecule has 112 valence electrons. The highest BCUT2D eigenvalue weighted by Crippen LogP contribution is 2.39. The maximum Gasteiger partial charge on any atom is 0.260 e. The third-order valence-electron chi connectivity index (χ3n) is 4.44. The van der Waals surface area contributed by atoms with Crippen LogP contribution >= 0.6 is 0 Å². The Balaban J connectivity index is 1.98. The topological polar surface area (TPSA) is 74.2 Å². The molecular formula is C16H21N3O2. The lowest BCUT2D eigenvalue weighted by Gasteiger charge is -2.32. The third kappa shape index (κ3) is 2.42. The molecule has 0 unspecified atom stereocenters. The van der Waals surface area contributed by atoms with E-state index in [2.05, 4.69) is 10.1 Å². The van der Waals surface area contributed by atoms with Crippen LogP contribution in [0.25, 0.3) is 11.5 Å². The normalized spacial score (nSPS) is 17.8. The third-order valence-corrected chi connectivity index (χ3v) is 4.44. The number of nitrogens with zero attached hydrogens (tertiary/aromatic N) is 2. The van der Waals surface area contributed by atoms with Gasteiger partial charge < -0.3 is 15.0 Å². The van der Waals surface area contributed by atoms with Crippen molar-refractivity contribution in [2.45, 2.75) is 44.6 Å². The quantitative estimate of drug-likeness (QED) is 0.875. The van der Waals surface area contributed by atoms with Crippen LogP contribution in [0.1, 0.15) is 43.5 Å². The molecule has 21 heavy (non-hydrogen) atoms. The van der Waals surface area contributed by atoms with Crippen molar-refractivity contribution in [2.24, 2.45) is 0 Å². The minimum absolute atomic E-state index is 0.404. The molecule has 0 saturated heterocycles. The molecule has 1 aromatic heterocycles. The molecule has 2 aromatic rings. The van der Waals surface area contributed by atoms with Gasteiger partial charge in [0.25, 0.3) is 5.89 Å². The molecule has 0 spiro atoms. The zero-order chi connectivity index (χ0) is 14.9. The summed E-state index contributed by atoms with van der Waals surface area (Å²) in [7, 11) is 1.72. The Bertz CT molecular complexity index is 630. The van der Waals surface area contributed by atoms with Crippen LogP contribution in [0.3, 0.4) is 0 Å². The first-order chi connectivity index (χ1) is 10.2. The van der Waals surface area contributed by atoms with Gasteiger partial charge in [0.05, 0.1) is 5.56 Å². The number of methoxy groups -OCH3 is 1. The Morgan fingerprint density at radius 3 is 2.71 bits per heavy atom. The van der Waals surface area contributed by atoms with E-state index >= 15 is 0 Å². The molecule has 2 N–H and O–H groups in total. The van der Waals surface area contributed by atoms with Crippen molar-refractivity contribution >= 4 is 5.69 Å².